The van der Waals surface area contributed by atoms with Gasteiger partial charge in [-0.05, 0) is 25.2 Å². The summed E-state index contributed by atoms with van der Waals surface area (Å²) in [6.07, 6.45) is 0.467. The molecule has 118 valence electrons. The number of hydrogen-bond donors (Lipinski definition) is 2. The van der Waals surface area contributed by atoms with Gasteiger partial charge in [-0.25, -0.2) is 13.1 Å². The first-order chi connectivity index (χ1) is 9.10. The number of esters is 1. The summed E-state index contributed by atoms with van der Waals surface area (Å²) < 4.78 is 30.4. The molecule has 0 aromatic heterocycles. The minimum atomic E-state index is -3.86. The molecule has 0 radical (unpaired) electrons. The lowest BCUT2D eigenvalue weighted by molar-refractivity contribution is -0.140. The van der Waals surface area contributed by atoms with E-state index in [-0.39, 0.29) is 24.8 Å². The van der Waals surface area contributed by atoms with Gasteiger partial charge in [-0.3, -0.25) is 9.59 Å². The normalized spacial score (nSPS) is 14.8. The van der Waals surface area contributed by atoms with E-state index in [1.807, 2.05) is 13.8 Å². The number of nitrogens with one attached hydrogen (secondary N) is 1. The molecule has 0 aliphatic carbocycles. The Morgan fingerprint density at radius 3 is 2.20 bits per heavy atom. The van der Waals surface area contributed by atoms with Crippen molar-refractivity contribution in [1.29, 1.82) is 0 Å². The van der Waals surface area contributed by atoms with E-state index in [1.54, 1.807) is 0 Å². The molecule has 8 heteroatoms. The van der Waals surface area contributed by atoms with Gasteiger partial charge in [-0.15, -0.1) is 0 Å². The maximum atomic E-state index is 11.8. The fourth-order valence-electron chi connectivity index (χ4n) is 1.80. The third-order valence-corrected chi connectivity index (χ3v) is 4.53. The number of carbonyl (C=O) groups is 2. The number of sulfonamides is 1. The first-order valence-corrected chi connectivity index (χ1v) is 7.92. The number of carbonyl (C=O) groups excluding carboxylic acids is 1. The van der Waals surface area contributed by atoms with Crippen molar-refractivity contribution >= 4 is 22.0 Å². The number of aliphatic carboxylic acids is 1. The molecule has 7 nitrogen and oxygen atoms in total. The zero-order chi connectivity index (χ0) is 15.9. The molecule has 0 fully saturated rings. The van der Waals surface area contributed by atoms with Gasteiger partial charge in [0.05, 0.1) is 7.11 Å². The van der Waals surface area contributed by atoms with Crippen LogP contribution in [0.15, 0.2) is 0 Å². The Hall–Kier alpha value is -1.15. The van der Waals surface area contributed by atoms with Crippen LogP contribution in [0.4, 0.5) is 0 Å². The molecule has 0 heterocycles. The quantitative estimate of drug-likeness (QED) is 0.604. The predicted octanol–water partition coefficient (Wildman–Crippen LogP) is 0.604. The van der Waals surface area contributed by atoms with Gasteiger partial charge in [0, 0.05) is 13.0 Å². The van der Waals surface area contributed by atoms with Crippen LogP contribution in [0.25, 0.3) is 0 Å². The van der Waals surface area contributed by atoms with E-state index in [9.17, 15) is 18.0 Å². The van der Waals surface area contributed by atoms with Crippen LogP contribution < -0.4 is 4.72 Å². The van der Waals surface area contributed by atoms with Crippen LogP contribution in [0.3, 0.4) is 0 Å². The summed E-state index contributed by atoms with van der Waals surface area (Å²) in [5.74, 6) is -1.89. The Morgan fingerprint density at radius 1 is 1.25 bits per heavy atom. The summed E-state index contributed by atoms with van der Waals surface area (Å²) in [6, 6.07) is 0. The minimum absolute atomic E-state index is 0.00581. The molecule has 0 bridgehead atoms. The van der Waals surface area contributed by atoms with Crippen molar-refractivity contribution in [2.75, 3.05) is 13.7 Å². The van der Waals surface area contributed by atoms with Crippen LogP contribution in [-0.4, -0.2) is 44.4 Å². The van der Waals surface area contributed by atoms with Gasteiger partial charge in [0.15, 0.2) is 5.25 Å². The SMILES string of the molecule is COC(=O)C(C)S(=O)(=O)NCC(CC(=O)O)CC(C)C. The second-order valence-corrected chi connectivity index (χ2v) is 7.24. The molecule has 0 rings (SSSR count). The van der Waals surface area contributed by atoms with Crippen molar-refractivity contribution in [3.05, 3.63) is 0 Å². The van der Waals surface area contributed by atoms with Crippen molar-refractivity contribution in [3.63, 3.8) is 0 Å². The minimum Gasteiger partial charge on any atom is -0.481 e. The average molecular weight is 309 g/mol. The highest BCUT2D eigenvalue weighted by atomic mass is 32.2. The van der Waals surface area contributed by atoms with E-state index in [0.717, 1.165) is 7.11 Å². The van der Waals surface area contributed by atoms with E-state index in [4.69, 9.17) is 5.11 Å². The first-order valence-electron chi connectivity index (χ1n) is 6.38. The summed E-state index contributed by atoms with van der Waals surface area (Å²) in [6.45, 7) is 5.08. The number of hydrogen-bond acceptors (Lipinski definition) is 5. The maximum Gasteiger partial charge on any atom is 0.325 e. The molecule has 2 atom stereocenters. The monoisotopic (exact) mass is 309 g/mol. The number of carboxylic acid groups (broad SMARTS) is 1. The number of methoxy groups -OCH3 is 1. The summed E-state index contributed by atoms with van der Waals surface area (Å²) in [7, 11) is -2.74. The Bertz CT molecular complexity index is 431. The zero-order valence-corrected chi connectivity index (χ0v) is 13.1. The first kappa shape index (κ1) is 18.9. The fourth-order valence-corrected chi connectivity index (χ4v) is 2.87. The molecule has 2 N–H and O–H groups in total. The largest absolute Gasteiger partial charge is 0.481 e. The Balaban J connectivity index is 4.67. The Labute approximate surface area is 119 Å². The van der Waals surface area contributed by atoms with E-state index in [2.05, 4.69) is 9.46 Å². The molecule has 0 spiro atoms. The second-order valence-electron chi connectivity index (χ2n) is 5.15. The van der Waals surface area contributed by atoms with Gasteiger partial charge in [-0.2, -0.15) is 0 Å². The zero-order valence-electron chi connectivity index (χ0n) is 12.3. The third-order valence-electron chi connectivity index (χ3n) is 2.84. The van der Waals surface area contributed by atoms with Crippen molar-refractivity contribution in [3.8, 4) is 0 Å². The predicted molar refractivity (Wildman–Crippen MR) is 73.6 cm³/mol. The van der Waals surface area contributed by atoms with Crippen LogP contribution in [0, 0.1) is 11.8 Å². The van der Waals surface area contributed by atoms with Crippen LogP contribution in [0.5, 0.6) is 0 Å². The van der Waals surface area contributed by atoms with Crippen molar-refractivity contribution < 1.29 is 27.9 Å². The lowest BCUT2D eigenvalue weighted by atomic mass is 9.94. The van der Waals surface area contributed by atoms with Gasteiger partial charge in [0.25, 0.3) is 0 Å². The van der Waals surface area contributed by atoms with Gasteiger partial charge < -0.3 is 9.84 Å². The van der Waals surface area contributed by atoms with Crippen molar-refractivity contribution in [1.82, 2.24) is 4.72 Å². The maximum absolute atomic E-state index is 11.8. The van der Waals surface area contributed by atoms with Crippen LogP contribution in [0.1, 0.15) is 33.6 Å². The van der Waals surface area contributed by atoms with E-state index >= 15 is 0 Å². The number of carboxylic acids is 1. The van der Waals surface area contributed by atoms with Gasteiger partial charge in [0.1, 0.15) is 0 Å². The van der Waals surface area contributed by atoms with E-state index < -0.39 is 27.2 Å². The summed E-state index contributed by atoms with van der Waals surface area (Å²) in [4.78, 5) is 22.0. The smallest absolute Gasteiger partial charge is 0.325 e. The van der Waals surface area contributed by atoms with Gasteiger partial charge in [0.2, 0.25) is 10.0 Å². The molecule has 0 aromatic carbocycles. The summed E-state index contributed by atoms with van der Waals surface area (Å²) >= 11 is 0. The highest BCUT2D eigenvalue weighted by Gasteiger charge is 2.29. The number of rotatable bonds is 9. The third kappa shape index (κ3) is 6.85. The Morgan fingerprint density at radius 2 is 1.80 bits per heavy atom. The second kappa shape index (κ2) is 8.21. The lowest BCUT2D eigenvalue weighted by Crippen LogP contribution is -2.40. The Kier molecular flexibility index (Phi) is 7.74. The average Bonchev–Trinajstić information content (AvgIpc) is 2.32. The molecule has 0 aliphatic rings. The van der Waals surface area contributed by atoms with Crippen molar-refractivity contribution in [2.45, 2.75) is 38.9 Å². The van der Waals surface area contributed by atoms with Crippen LogP contribution in [-0.2, 0) is 24.3 Å². The van der Waals surface area contributed by atoms with Gasteiger partial charge >= 0.3 is 11.9 Å². The highest BCUT2D eigenvalue weighted by Crippen LogP contribution is 2.15. The molecule has 0 saturated heterocycles. The van der Waals surface area contributed by atoms with Crippen molar-refractivity contribution in [2.24, 2.45) is 11.8 Å². The fraction of sp³-hybridized carbons (Fsp3) is 0.833. The van der Waals surface area contributed by atoms with Gasteiger partial charge in [-0.1, -0.05) is 13.8 Å². The highest BCUT2D eigenvalue weighted by molar-refractivity contribution is 7.90. The molecule has 0 saturated carbocycles. The van der Waals surface area contributed by atoms with E-state index in [1.165, 1.54) is 6.92 Å². The molecule has 20 heavy (non-hydrogen) atoms. The molecular formula is C12H23NO6S. The summed E-state index contributed by atoms with van der Waals surface area (Å²) in [5.41, 5.74) is 0. The molecule has 0 aliphatic heterocycles. The molecule has 0 amide bonds. The van der Waals surface area contributed by atoms with E-state index in [0.29, 0.717) is 6.42 Å². The molecule has 2 unspecified atom stereocenters. The lowest BCUT2D eigenvalue weighted by Gasteiger charge is -2.19. The van der Waals surface area contributed by atoms with Crippen LogP contribution >= 0.6 is 0 Å². The standard InChI is InChI=1S/C12H23NO6S/c1-8(2)5-10(6-11(14)15)7-13-20(17,18)9(3)12(16)19-4/h8-10,13H,5-7H2,1-4H3,(H,14,15). The topological polar surface area (TPSA) is 110 Å². The molecule has 0 aromatic rings. The van der Waals surface area contributed by atoms with Crippen LogP contribution in [0.2, 0.25) is 0 Å². The number of ether oxygens (including phenoxy) is 1. The summed E-state index contributed by atoms with van der Waals surface area (Å²) in [5, 5.41) is 7.49. The molecular weight excluding hydrogens is 286 g/mol.